The average Bonchev–Trinajstić information content (AvgIpc) is 2.61. The Labute approximate surface area is 142 Å². The van der Waals surface area contributed by atoms with E-state index < -0.39 is 6.09 Å². The van der Waals surface area contributed by atoms with Gasteiger partial charge in [0.05, 0.1) is 6.61 Å². The highest BCUT2D eigenvalue weighted by Crippen LogP contribution is 2.13. The number of nitrogens with one attached hydrogen (secondary N) is 1. The van der Waals surface area contributed by atoms with Gasteiger partial charge in [0.15, 0.2) is 0 Å². The third kappa shape index (κ3) is 5.89. The highest BCUT2D eigenvalue weighted by atomic mass is 16.5. The van der Waals surface area contributed by atoms with Crippen LogP contribution >= 0.6 is 0 Å². The molecule has 0 aliphatic heterocycles. The van der Waals surface area contributed by atoms with Gasteiger partial charge in [-0.15, -0.1) is 0 Å². The minimum atomic E-state index is -0.407. The minimum Gasteiger partial charge on any atom is -0.445 e. The van der Waals surface area contributed by atoms with E-state index in [2.05, 4.69) is 5.32 Å². The lowest BCUT2D eigenvalue weighted by atomic mass is 10.0. The van der Waals surface area contributed by atoms with Crippen molar-refractivity contribution >= 4 is 12.2 Å². The van der Waals surface area contributed by atoms with Crippen molar-refractivity contribution in [3.05, 3.63) is 76.9 Å². The van der Waals surface area contributed by atoms with Crippen LogP contribution in [0.4, 0.5) is 4.79 Å². The minimum absolute atomic E-state index is 0.0554. The topological polar surface area (TPSA) is 58.6 Å². The number of aliphatic hydroxyl groups is 1. The van der Waals surface area contributed by atoms with Gasteiger partial charge < -0.3 is 15.2 Å². The van der Waals surface area contributed by atoms with E-state index in [1.54, 1.807) is 0 Å². The van der Waals surface area contributed by atoms with Crippen molar-refractivity contribution in [2.45, 2.75) is 26.6 Å². The molecular weight excluding hydrogens is 302 g/mol. The first-order valence-corrected chi connectivity index (χ1v) is 8.00. The molecular formula is C20H23NO3. The van der Waals surface area contributed by atoms with E-state index in [1.807, 2.05) is 67.6 Å². The first-order valence-electron chi connectivity index (χ1n) is 8.00. The van der Waals surface area contributed by atoms with Gasteiger partial charge in [-0.05, 0) is 35.6 Å². The van der Waals surface area contributed by atoms with Crippen molar-refractivity contribution < 1.29 is 14.6 Å². The second kappa shape index (κ2) is 9.53. The Balaban J connectivity index is 1.67. The lowest BCUT2D eigenvalue weighted by Gasteiger charge is -2.06. The molecule has 0 saturated carbocycles. The largest absolute Gasteiger partial charge is 0.445 e. The molecule has 2 aromatic rings. The first-order chi connectivity index (χ1) is 11.7. The van der Waals surface area contributed by atoms with Crippen LogP contribution in [0.5, 0.6) is 0 Å². The van der Waals surface area contributed by atoms with Crippen LogP contribution in [0.15, 0.2) is 54.6 Å². The molecule has 0 saturated heterocycles. The second-order valence-electron chi connectivity index (χ2n) is 5.53. The van der Waals surface area contributed by atoms with Crippen LogP contribution < -0.4 is 5.32 Å². The fourth-order valence-electron chi connectivity index (χ4n) is 2.27. The Morgan fingerprint density at radius 3 is 2.67 bits per heavy atom. The Morgan fingerprint density at radius 2 is 1.96 bits per heavy atom. The van der Waals surface area contributed by atoms with Crippen LogP contribution in [-0.4, -0.2) is 17.7 Å². The lowest BCUT2D eigenvalue weighted by Crippen LogP contribution is -2.24. The number of carbonyl (C=O) groups excluding carboxylic acids is 1. The molecule has 0 bridgehead atoms. The summed E-state index contributed by atoms with van der Waals surface area (Å²) in [6, 6.07) is 15.5. The van der Waals surface area contributed by atoms with Gasteiger partial charge in [0.25, 0.3) is 0 Å². The maximum Gasteiger partial charge on any atom is 0.407 e. The SMILES string of the molecule is Cc1cc(CO)ccc1C=CCCNC(=O)OCc1ccccc1. The lowest BCUT2D eigenvalue weighted by molar-refractivity contribution is 0.140. The highest BCUT2D eigenvalue weighted by Gasteiger charge is 2.01. The Kier molecular flexibility index (Phi) is 7.05. The molecule has 2 aromatic carbocycles. The fourth-order valence-corrected chi connectivity index (χ4v) is 2.27. The molecule has 0 aliphatic rings. The van der Waals surface area contributed by atoms with Gasteiger partial charge >= 0.3 is 6.09 Å². The first kappa shape index (κ1) is 17.8. The van der Waals surface area contributed by atoms with Crippen molar-refractivity contribution in [2.24, 2.45) is 0 Å². The zero-order chi connectivity index (χ0) is 17.2. The number of aliphatic hydroxyl groups excluding tert-OH is 1. The van der Waals surface area contributed by atoms with Crippen molar-refractivity contribution in [2.75, 3.05) is 6.54 Å². The molecule has 4 nitrogen and oxygen atoms in total. The summed E-state index contributed by atoms with van der Waals surface area (Å²) >= 11 is 0. The van der Waals surface area contributed by atoms with Gasteiger partial charge in [0.1, 0.15) is 6.61 Å². The van der Waals surface area contributed by atoms with E-state index in [-0.39, 0.29) is 13.2 Å². The molecule has 0 radical (unpaired) electrons. The molecule has 2 rings (SSSR count). The highest BCUT2D eigenvalue weighted by molar-refractivity contribution is 5.67. The number of hydrogen-bond acceptors (Lipinski definition) is 3. The summed E-state index contributed by atoms with van der Waals surface area (Å²) in [4.78, 5) is 11.6. The predicted molar refractivity (Wildman–Crippen MR) is 95.4 cm³/mol. The summed E-state index contributed by atoms with van der Waals surface area (Å²) in [6.45, 7) is 2.87. The molecule has 126 valence electrons. The summed E-state index contributed by atoms with van der Waals surface area (Å²) in [5.74, 6) is 0. The monoisotopic (exact) mass is 325 g/mol. The number of aryl methyl sites for hydroxylation is 1. The summed E-state index contributed by atoms with van der Waals surface area (Å²) in [5, 5.41) is 11.8. The van der Waals surface area contributed by atoms with E-state index in [4.69, 9.17) is 9.84 Å². The van der Waals surface area contributed by atoms with Crippen LogP contribution in [0.3, 0.4) is 0 Å². The maximum atomic E-state index is 11.6. The molecule has 0 unspecified atom stereocenters. The summed E-state index contributed by atoms with van der Waals surface area (Å²) in [7, 11) is 0. The van der Waals surface area contributed by atoms with E-state index >= 15 is 0 Å². The van der Waals surface area contributed by atoms with Gasteiger partial charge in [-0.3, -0.25) is 0 Å². The third-order valence-corrected chi connectivity index (χ3v) is 3.61. The standard InChI is InChI=1S/C20H23NO3/c1-16-13-18(14-22)10-11-19(16)9-5-6-12-21-20(23)24-15-17-7-3-2-4-8-17/h2-5,7-11,13,22H,6,12,14-15H2,1H3,(H,21,23). The summed E-state index contributed by atoms with van der Waals surface area (Å²) in [6.07, 6.45) is 4.35. The average molecular weight is 325 g/mol. The molecule has 0 aromatic heterocycles. The maximum absolute atomic E-state index is 11.6. The van der Waals surface area contributed by atoms with Gasteiger partial charge in [-0.25, -0.2) is 4.79 Å². The number of amides is 1. The molecule has 0 heterocycles. The van der Waals surface area contributed by atoms with Crippen LogP contribution in [0, 0.1) is 6.92 Å². The van der Waals surface area contributed by atoms with Crippen LogP contribution in [0.2, 0.25) is 0 Å². The van der Waals surface area contributed by atoms with Crippen LogP contribution in [-0.2, 0) is 18.0 Å². The molecule has 0 aliphatic carbocycles. The number of benzene rings is 2. The van der Waals surface area contributed by atoms with Gasteiger partial charge in [0.2, 0.25) is 0 Å². The number of alkyl carbamates (subject to hydrolysis) is 1. The molecule has 4 heteroatoms. The van der Waals surface area contributed by atoms with Gasteiger partial charge in [-0.2, -0.15) is 0 Å². The van der Waals surface area contributed by atoms with Crippen molar-refractivity contribution in [3.8, 4) is 0 Å². The van der Waals surface area contributed by atoms with Crippen LogP contribution in [0.25, 0.3) is 6.08 Å². The second-order valence-corrected chi connectivity index (χ2v) is 5.53. The summed E-state index contributed by atoms with van der Waals surface area (Å²) < 4.78 is 5.14. The Bertz CT molecular complexity index is 681. The zero-order valence-corrected chi connectivity index (χ0v) is 13.9. The Hall–Kier alpha value is -2.59. The molecule has 1 amide bonds. The number of rotatable bonds is 7. The van der Waals surface area contributed by atoms with E-state index in [0.717, 1.165) is 28.7 Å². The normalized spacial score (nSPS) is 10.8. The zero-order valence-electron chi connectivity index (χ0n) is 13.9. The number of carbonyl (C=O) groups is 1. The van der Waals surface area contributed by atoms with Gasteiger partial charge in [-0.1, -0.05) is 60.7 Å². The molecule has 24 heavy (non-hydrogen) atoms. The third-order valence-electron chi connectivity index (χ3n) is 3.61. The number of hydrogen-bond donors (Lipinski definition) is 2. The van der Waals surface area contributed by atoms with Crippen molar-refractivity contribution in [1.29, 1.82) is 0 Å². The van der Waals surface area contributed by atoms with E-state index in [9.17, 15) is 4.79 Å². The molecule has 0 spiro atoms. The quantitative estimate of drug-likeness (QED) is 0.761. The summed E-state index contributed by atoms with van der Waals surface area (Å²) in [5.41, 5.74) is 4.11. The van der Waals surface area contributed by atoms with Crippen molar-refractivity contribution in [1.82, 2.24) is 5.32 Å². The van der Waals surface area contributed by atoms with E-state index in [1.165, 1.54) is 0 Å². The number of ether oxygens (including phenoxy) is 1. The Morgan fingerprint density at radius 1 is 1.17 bits per heavy atom. The molecule has 2 N–H and O–H groups in total. The van der Waals surface area contributed by atoms with Gasteiger partial charge in [0, 0.05) is 6.54 Å². The van der Waals surface area contributed by atoms with E-state index in [0.29, 0.717) is 6.54 Å². The van der Waals surface area contributed by atoms with Crippen LogP contribution in [0.1, 0.15) is 28.7 Å². The molecule has 0 atom stereocenters. The fraction of sp³-hybridized carbons (Fsp3) is 0.250. The predicted octanol–water partition coefficient (Wildman–Crippen LogP) is 3.82. The molecule has 0 fully saturated rings. The smallest absolute Gasteiger partial charge is 0.407 e. The van der Waals surface area contributed by atoms with Crippen molar-refractivity contribution in [3.63, 3.8) is 0 Å².